The molecule has 5 heteroatoms. The molecule has 2 aromatic rings. The standard InChI is InChI=1S/C14H12F3NO/c1-9-7-18(2)8-12(13(9)19)10-4-3-5-11(6-10)14(15,16)17/h3-8H,1-2H3. The zero-order valence-electron chi connectivity index (χ0n) is 10.5. The van der Waals surface area contributed by atoms with E-state index in [1.54, 1.807) is 24.7 Å². The predicted molar refractivity (Wildman–Crippen MR) is 66.9 cm³/mol. The Morgan fingerprint density at radius 2 is 1.84 bits per heavy atom. The number of halogens is 3. The third-order valence-corrected chi connectivity index (χ3v) is 2.83. The zero-order chi connectivity index (χ0) is 14.2. The summed E-state index contributed by atoms with van der Waals surface area (Å²) < 4.78 is 39.6. The quantitative estimate of drug-likeness (QED) is 0.776. The van der Waals surface area contributed by atoms with Gasteiger partial charge in [-0.05, 0) is 24.6 Å². The monoisotopic (exact) mass is 267 g/mol. The van der Waals surface area contributed by atoms with Gasteiger partial charge in [-0.15, -0.1) is 0 Å². The van der Waals surface area contributed by atoms with Crippen LogP contribution in [-0.4, -0.2) is 4.57 Å². The van der Waals surface area contributed by atoms with Crippen LogP contribution in [0.3, 0.4) is 0 Å². The maximum absolute atomic E-state index is 12.7. The van der Waals surface area contributed by atoms with Crippen LogP contribution in [-0.2, 0) is 13.2 Å². The molecule has 0 saturated carbocycles. The molecule has 1 aromatic carbocycles. The number of aryl methyl sites for hydroxylation is 2. The molecule has 0 amide bonds. The van der Waals surface area contributed by atoms with E-state index in [2.05, 4.69) is 0 Å². The van der Waals surface area contributed by atoms with Gasteiger partial charge < -0.3 is 4.57 Å². The Balaban J connectivity index is 2.64. The molecule has 0 fully saturated rings. The summed E-state index contributed by atoms with van der Waals surface area (Å²) in [7, 11) is 1.73. The second-order valence-corrected chi connectivity index (χ2v) is 4.43. The summed E-state index contributed by atoms with van der Waals surface area (Å²) in [4.78, 5) is 12.0. The Hall–Kier alpha value is -2.04. The highest BCUT2D eigenvalue weighted by Gasteiger charge is 2.30. The Kier molecular flexibility index (Phi) is 3.22. The number of hydrogen-bond donors (Lipinski definition) is 0. The number of nitrogens with zero attached hydrogens (tertiary/aromatic N) is 1. The fourth-order valence-corrected chi connectivity index (χ4v) is 1.94. The Labute approximate surface area is 108 Å². The summed E-state index contributed by atoms with van der Waals surface area (Å²) >= 11 is 0. The summed E-state index contributed by atoms with van der Waals surface area (Å²) in [6.07, 6.45) is -1.24. The van der Waals surface area contributed by atoms with Crippen LogP contribution in [0.25, 0.3) is 11.1 Å². The number of rotatable bonds is 1. The molecule has 0 aliphatic heterocycles. The third kappa shape index (κ3) is 2.70. The minimum atomic E-state index is -4.41. The third-order valence-electron chi connectivity index (χ3n) is 2.83. The molecule has 0 spiro atoms. The SMILES string of the molecule is Cc1cn(C)cc(-c2cccc(C(F)(F)F)c2)c1=O. The topological polar surface area (TPSA) is 22.0 Å². The highest BCUT2D eigenvalue weighted by molar-refractivity contribution is 5.64. The van der Waals surface area contributed by atoms with Crippen molar-refractivity contribution in [3.8, 4) is 11.1 Å². The van der Waals surface area contributed by atoms with Crippen LogP contribution in [0.5, 0.6) is 0 Å². The molecular weight excluding hydrogens is 255 g/mol. The van der Waals surface area contributed by atoms with Crippen molar-refractivity contribution in [2.75, 3.05) is 0 Å². The molecular formula is C14H12F3NO. The van der Waals surface area contributed by atoms with E-state index in [0.29, 0.717) is 5.56 Å². The molecule has 0 bridgehead atoms. The molecule has 0 radical (unpaired) electrons. The minimum absolute atomic E-state index is 0.252. The smallest absolute Gasteiger partial charge is 0.356 e. The summed E-state index contributed by atoms with van der Waals surface area (Å²) in [5.41, 5.74) is 0.0381. The van der Waals surface area contributed by atoms with E-state index in [9.17, 15) is 18.0 Å². The summed E-state index contributed by atoms with van der Waals surface area (Å²) in [6.45, 7) is 1.64. The molecule has 0 aliphatic carbocycles. The van der Waals surface area contributed by atoms with Crippen LogP contribution < -0.4 is 5.43 Å². The highest BCUT2D eigenvalue weighted by atomic mass is 19.4. The van der Waals surface area contributed by atoms with E-state index in [1.807, 2.05) is 0 Å². The van der Waals surface area contributed by atoms with Gasteiger partial charge in [-0.25, -0.2) is 0 Å². The molecule has 1 aromatic heterocycles. The summed E-state index contributed by atoms with van der Waals surface area (Å²) in [6, 6.07) is 4.80. The largest absolute Gasteiger partial charge is 0.416 e. The molecule has 1 heterocycles. The first-order chi connectivity index (χ1) is 8.79. The minimum Gasteiger partial charge on any atom is -0.356 e. The molecule has 0 N–H and O–H groups in total. The average Bonchev–Trinajstić information content (AvgIpc) is 2.33. The fourth-order valence-electron chi connectivity index (χ4n) is 1.94. The molecule has 0 atom stereocenters. The Morgan fingerprint density at radius 1 is 1.16 bits per heavy atom. The lowest BCUT2D eigenvalue weighted by Gasteiger charge is -2.10. The number of alkyl halides is 3. The van der Waals surface area contributed by atoms with Crippen molar-refractivity contribution in [3.63, 3.8) is 0 Å². The Morgan fingerprint density at radius 3 is 2.47 bits per heavy atom. The van der Waals surface area contributed by atoms with Crippen molar-refractivity contribution in [2.45, 2.75) is 13.1 Å². The van der Waals surface area contributed by atoms with E-state index in [4.69, 9.17) is 0 Å². The van der Waals surface area contributed by atoms with Crippen molar-refractivity contribution in [1.29, 1.82) is 0 Å². The van der Waals surface area contributed by atoms with Gasteiger partial charge in [0.2, 0.25) is 0 Å². The van der Waals surface area contributed by atoms with Crippen LogP contribution in [0.1, 0.15) is 11.1 Å². The van der Waals surface area contributed by atoms with Gasteiger partial charge in [0, 0.05) is 30.6 Å². The number of pyridine rings is 1. The van der Waals surface area contributed by atoms with Gasteiger partial charge in [-0.3, -0.25) is 4.79 Å². The average molecular weight is 267 g/mol. The van der Waals surface area contributed by atoms with Crippen LogP contribution in [0.4, 0.5) is 13.2 Å². The normalized spacial score (nSPS) is 11.6. The molecule has 2 rings (SSSR count). The van der Waals surface area contributed by atoms with Crippen LogP contribution >= 0.6 is 0 Å². The first-order valence-corrected chi connectivity index (χ1v) is 5.63. The van der Waals surface area contributed by atoms with E-state index in [0.717, 1.165) is 12.1 Å². The Bertz CT molecular complexity index is 671. The lowest BCUT2D eigenvalue weighted by molar-refractivity contribution is -0.137. The van der Waals surface area contributed by atoms with E-state index >= 15 is 0 Å². The predicted octanol–water partition coefficient (Wildman–Crippen LogP) is 3.38. The molecule has 19 heavy (non-hydrogen) atoms. The maximum Gasteiger partial charge on any atom is 0.416 e. The highest BCUT2D eigenvalue weighted by Crippen LogP contribution is 2.31. The molecule has 0 unspecified atom stereocenters. The van der Waals surface area contributed by atoms with Crippen LogP contribution in [0.2, 0.25) is 0 Å². The van der Waals surface area contributed by atoms with Gasteiger partial charge in [-0.1, -0.05) is 12.1 Å². The van der Waals surface area contributed by atoms with E-state index in [1.165, 1.54) is 18.3 Å². The van der Waals surface area contributed by atoms with Crippen LogP contribution in [0, 0.1) is 6.92 Å². The molecule has 2 nitrogen and oxygen atoms in total. The second kappa shape index (κ2) is 4.57. The first kappa shape index (κ1) is 13.4. The van der Waals surface area contributed by atoms with Crippen molar-refractivity contribution in [3.05, 3.63) is 58.0 Å². The molecule has 0 aliphatic rings. The van der Waals surface area contributed by atoms with Gasteiger partial charge >= 0.3 is 6.18 Å². The van der Waals surface area contributed by atoms with Gasteiger partial charge in [0.1, 0.15) is 0 Å². The summed E-state index contributed by atoms with van der Waals surface area (Å²) in [5, 5.41) is 0. The number of hydrogen-bond acceptors (Lipinski definition) is 1. The lowest BCUT2D eigenvalue weighted by atomic mass is 10.0. The van der Waals surface area contributed by atoms with Gasteiger partial charge in [0.05, 0.1) is 5.56 Å². The second-order valence-electron chi connectivity index (χ2n) is 4.43. The van der Waals surface area contributed by atoms with Gasteiger partial charge in [0.25, 0.3) is 0 Å². The van der Waals surface area contributed by atoms with Crippen molar-refractivity contribution in [2.24, 2.45) is 7.05 Å². The van der Waals surface area contributed by atoms with Crippen molar-refractivity contribution < 1.29 is 13.2 Å². The fraction of sp³-hybridized carbons (Fsp3) is 0.214. The lowest BCUT2D eigenvalue weighted by Crippen LogP contribution is -2.12. The molecule has 0 saturated heterocycles. The zero-order valence-corrected chi connectivity index (χ0v) is 10.5. The summed E-state index contributed by atoms with van der Waals surface area (Å²) in [5.74, 6) is 0. The van der Waals surface area contributed by atoms with Crippen molar-refractivity contribution in [1.82, 2.24) is 4.57 Å². The molecule has 100 valence electrons. The van der Waals surface area contributed by atoms with Gasteiger partial charge in [-0.2, -0.15) is 13.2 Å². The number of aromatic nitrogens is 1. The van der Waals surface area contributed by atoms with Crippen molar-refractivity contribution >= 4 is 0 Å². The first-order valence-electron chi connectivity index (χ1n) is 5.63. The van der Waals surface area contributed by atoms with Crippen LogP contribution in [0.15, 0.2) is 41.5 Å². The van der Waals surface area contributed by atoms with Gasteiger partial charge in [0.15, 0.2) is 5.43 Å². The maximum atomic E-state index is 12.7. The van der Waals surface area contributed by atoms with E-state index < -0.39 is 11.7 Å². The van der Waals surface area contributed by atoms with E-state index in [-0.39, 0.29) is 16.6 Å². The number of benzene rings is 1.